The molecule has 1 aromatic heterocycles. The summed E-state index contributed by atoms with van der Waals surface area (Å²) in [5.74, 6) is -1.02. The molecule has 3 N–H and O–H groups in total. The molecule has 2 fully saturated rings. The summed E-state index contributed by atoms with van der Waals surface area (Å²) < 4.78 is 21.2. The Morgan fingerprint density at radius 3 is 2.43 bits per heavy atom. The molecule has 192 valence electrons. The molecule has 0 bridgehead atoms. The quantitative estimate of drug-likeness (QED) is 0.289. The van der Waals surface area contributed by atoms with Gasteiger partial charge in [-0.1, -0.05) is 0 Å². The first-order valence-corrected chi connectivity index (χ1v) is 11.5. The third-order valence-corrected chi connectivity index (χ3v) is 7.61. The monoisotopic (exact) mass is 508 g/mol. The fourth-order valence-corrected chi connectivity index (χ4v) is 5.76. The van der Waals surface area contributed by atoms with Gasteiger partial charge in [0, 0.05) is 18.0 Å². The molecular weight excluding hydrogens is 484 g/mol. The first kappa shape index (κ1) is 23.1. The summed E-state index contributed by atoms with van der Waals surface area (Å²) in [6.45, 7) is 1.62. The van der Waals surface area contributed by atoms with Gasteiger partial charge >= 0.3 is 5.97 Å². The van der Waals surface area contributed by atoms with E-state index in [1.807, 2.05) is 0 Å². The first-order valence-electron chi connectivity index (χ1n) is 11.5. The van der Waals surface area contributed by atoms with Crippen LogP contribution in [0.3, 0.4) is 0 Å². The van der Waals surface area contributed by atoms with Crippen molar-refractivity contribution < 1.29 is 38.1 Å². The topological polar surface area (TPSA) is 158 Å². The molecule has 1 amide bonds. The zero-order valence-electron chi connectivity index (χ0n) is 20.7. The number of Topliss-reactive ketones (excluding diaryl/α,β-unsaturated/α-hetero) is 1. The van der Waals surface area contributed by atoms with Crippen molar-refractivity contribution in [2.24, 2.45) is 0 Å². The number of nitrogens with one attached hydrogen (secondary N) is 3. The van der Waals surface area contributed by atoms with E-state index in [2.05, 4.69) is 15.6 Å². The molecule has 1 aliphatic carbocycles. The number of allylic oxidation sites excluding steroid dienone is 1. The van der Waals surface area contributed by atoms with Crippen LogP contribution in [0.1, 0.15) is 17.4 Å². The van der Waals surface area contributed by atoms with Crippen molar-refractivity contribution in [3.05, 3.63) is 40.9 Å². The van der Waals surface area contributed by atoms with E-state index in [4.69, 9.17) is 18.9 Å². The number of hydrogen-bond donors (Lipinski definition) is 3. The summed E-state index contributed by atoms with van der Waals surface area (Å²) in [6, 6.07) is 3.11. The first-order chi connectivity index (χ1) is 17.7. The van der Waals surface area contributed by atoms with Gasteiger partial charge in [0.2, 0.25) is 11.5 Å². The molecule has 0 saturated carbocycles. The maximum Gasteiger partial charge on any atom is 0.339 e. The molecule has 3 atom stereocenters. The van der Waals surface area contributed by atoms with E-state index < -0.39 is 28.6 Å². The number of carbonyl (C=O) groups is 4. The fourth-order valence-electron chi connectivity index (χ4n) is 5.76. The van der Waals surface area contributed by atoms with Gasteiger partial charge in [0.05, 0.1) is 57.0 Å². The predicted molar refractivity (Wildman–Crippen MR) is 127 cm³/mol. The van der Waals surface area contributed by atoms with Crippen LogP contribution in [0.2, 0.25) is 0 Å². The summed E-state index contributed by atoms with van der Waals surface area (Å²) in [6.07, 6.45) is 1.34. The minimum atomic E-state index is -1.72. The number of ketones is 2. The molecule has 4 heterocycles. The lowest BCUT2D eigenvalue weighted by Gasteiger charge is -2.27. The van der Waals surface area contributed by atoms with Gasteiger partial charge in [0.25, 0.3) is 5.91 Å². The van der Waals surface area contributed by atoms with Gasteiger partial charge in [-0.15, -0.1) is 0 Å². The molecular formula is C25H24N4O8. The Morgan fingerprint density at radius 2 is 1.78 bits per heavy atom. The molecule has 2 aromatic rings. The summed E-state index contributed by atoms with van der Waals surface area (Å²) in [7, 11) is 5.66. The third-order valence-electron chi connectivity index (χ3n) is 7.61. The Bertz CT molecular complexity index is 1520. The van der Waals surface area contributed by atoms with E-state index in [0.717, 1.165) is 0 Å². The number of ether oxygens (including phenoxy) is 4. The van der Waals surface area contributed by atoms with Crippen molar-refractivity contribution in [3.63, 3.8) is 0 Å². The predicted octanol–water partition coefficient (Wildman–Crippen LogP) is 0.185. The van der Waals surface area contributed by atoms with Crippen molar-refractivity contribution in [1.82, 2.24) is 20.5 Å². The number of likely N-dealkylation sites (tertiary alicyclic amines) is 1. The summed E-state index contributed by atoms with van der Waals surface area (Å²) in [5, 5.41) is 6.71. The number of methoxy groups -OCH3 is 4. The van der Waals surface area contributed by atoms with E-state index in [1.165, 1.54) is 46.3 Å². The van der Waals surface area contributed by atoms with Gasteiger partial charge in [0.1, 0.15) is 11.2 Å². The van der Waals surface area contributed by atoms with Gasteiger partial charge in [0.15, 0.2) is 22.8 Å². The van der Waals surface area contributed by atoms with Gasteiger partial charge in [-0.3, -0.25) is 19.7 Å². The number of fused-ring (bicyclic) bond motifs is 1. The molecule has 1 spiro atoms. The summed E-state index contributed by atoms with van der Waals surface area (Å²) in [5.41, 5.74) is -1.35. The Morgan fingerprint density at radius 1 is 1.05 bits per heavy atom. The number of benzene rings is 1. The van der Waals surface area contributed by atoms with Crippen LogP contribution in [0, 0.1) is 0 Å². The highest BCUT2D eigenvalue weighted by Crippen LogP contribution is 2.54. The van der Waals surface area contributed by atoms with E-state index in [1.54, 1.807) is 12.1 Å². The Kier molecular flexibility index (Phi) is 4.59. The lowest BCUT2D eigenvalue weighted by molar-refractivity contribution is -0.150. The number of carbonyl (C=O) groups excluding carboxylic acids is 4. The Labute approximate surface area is 210 Å². The number of piperazine rings is 1. The smallest absolute Gasteiger partial charge is 0.339 e. The van der Waals surface area contributed by atoms with Crippen LogP contribution in [0.15, 0.2) is 35.2 Å². The summed E-state index contributed by atoms with van der Waals surface area (Å²) in [4.78, 5) is 57.3. The van der Waals surface area contributed by atoms with Crippen molar-refractivity contribution >= 4 is 34.3 Å². The molecule has 1 aromatic carbocycles. The zero-order valence-corrected chi connectivity index (χ0v) is 20.7. The van der Waals surface area contributed by atoms with Gasteiger partial charge in [-0.05, 0) is 19.1 Å². The zero-order chi connectivity index (χ0) is 26.4. The number of amides is 1. The van der Waals surface area contributed by atoms with Crippen LogP contribution in [-0.4, -0.2) is 85.4 Å². The maximum absolute atomic E-state index is 13.7. The molecule has 2 unspecified atom stereocenters. The SMILES string of the molecule is COC(=O)[C@]1(C)NC2=C(C1=O)C13NC1CN(C(=O)c1cc4cc(OC)c(OC)c(OC)c4[nH]1)C3=CC2=O. The number of hydrogen-bond acceptors (Lipinski definition) is 10. The standard InChI is InChI=1S/C25H24N4O8/c1-24(23(33)37-5)21(31)16-18(28-24)12(30)8-15-25(16)14(27-25)9-29(15)22(32)11-6-10-7-13(34-2)19(35-3)20(36-4)17(10)26-11/h6-8,14,26-28H,9H2,1-5H3/t14?,24-,25?/m1/s1. The molecule has 0 radical (unpaired) electrons. The minimum absolute atomic E-state index is 0.0560. The van der Waals surface area contributed by atoms with E-state index >= 15 is 0 Å². The van der Waals surface area contributed by atoms with E-state index in [-0.39, 0.29) is 35.5 Å². The molecule has 3 aliphatic heterocycles. The van der Waals surface area contributed by atoms with Crippen LogP contribution >= 0.6 is 0 Å². The normalized spacial score (nSPS) is 27.3. The van der Waals surface area contributed by atoms with Crippen LogP contribution in [0.5, 0.6) is 17.2 Å². The van der Waals surface area contributed by atoms with Crippen LogP contribution in [0.25, 0.3) is 10.9 Å². The minimum Gasteiger partial charge on any atom is -0.493 e. The van der Waals surface area contributed by atoms with Crippen molar-refractivity contribution in [3.8, 4) is 17.2 Å². The second kappa shape index (κ2) is 7.35. The maximum atomic E-state index is 13.7. The average molecular weight is 508 g/mol. The van der Waals surface area contributed by atoms with E-state index in [9.17, 15) is 19.2 Å². The fraction of sp³-hybridized carbons (Fsp3) is 0.360. The second-order valence-corrected chi connectivity index (χ2v) is 9.43. The number of rotatable bonds is 5. The highest BCUT2D eigenvalue weighted by Gasteiger charge is 2.73. The number of nitrogens with zero attached hydrogens (tertiary/aromatic N) is 1. The lowest BCUT2D eigenvalue weighted by atomic mass is 9.82. The Balaban J connectivity index is 1.38. The molecule has 4 aliphatic rings. The van der Waals surface area contributed by atoms with Crippen LogP contribution in [0.4, 0.5) is 0 Å². The average Bonchev–Trinajstić information content (AvgIpc) is 3.15. The van der Waals surface area contributed by atoms with Crippen molar-refractivity contribution in [2.45, 2.75) is 24.0 Å². The largest absolute Gasteiger partial charge is 0.493 e. The molecule has 12 heteroatoms. The molecule has 2 saturated heterocycles. The molecule has 37 heavy (non-hydrogen) atoms. The summed E-state index contributed by atoms with van der Waals surface area (Å²) >= 11 is 0. The number of aromatic amines is 1. The van der Waals surface area contributed by atoms with E-state index in [0.29, 0.717) is 33.8 Å². The molecule has 6 rings (SSSR count). The Hall–Kier alpha value is -4.32. The second-order valence-electron chi connectivity index (χ2n) is 9.43. The highest BCUT2D eigenvalue weighted by atomic mass is 16.5. The van der Waals surface area contributed by atoms with Gasteiger partial charge in [-0.25, -0.2) is 4.79 Å². The number of esters is 1. The van der Waals surface area contributed by atoms with Crippen molar-refractivity contribution in [2.75, 3.05) is 35.0 Å². The van der Waals surface area contributed by atoms with Crippen LogP contribution in [-0.2, 0) is 19.1 Å². The van der Waals surface area contributed by atoms with Crippen molar-refractivity contribution in [1.29, 1.82) is 0 Å². The highest BCUT2D eigenvalue weighted by molar-refractivity contribution is 6.27. The number of aromatic nitrogens is 1. The van der Waals surface area contributed by atoms with Gasteiger partial charge < -0.3 is 34.1 Å². The number of H-pyrrole nitrogens is 1. The van der Waals surface area contributed by atoms with Crippen LogP contribution < -0.4 is 24.8 Å². The lowest BCUT2D eigenvalue weighted by Crippen LogP contribution is -2.52. The molecule has 12 nitrogen and oxygen atoms in total. The third kappa shape index (κ3) is 2.70. The van der Waals surface area contributed by atoms with Gasteiger partial charge in [-0.2, -0.15) is 0 Å².